The van der Waals surface area contributed by atoms with E-state index in [1.165, 1.54) is 60.8 Å². The zero-order valence-corrected chi connectivity index (χ0v) is 43.8. The third-order valence-corrected chi connectivity index (χ3v) is 16.6. The molecule has 15 rings (SSSR count). The van der Waals surface area contributed by atoms with Crippen LogP contribution in [0.2, 0.25) is 0 Å². The van der Waals surface area contributed by atoms with Gasteiger partial charge in [0.05, 0.1) is 22.2 Å². The summed E-state index contributed by atoms with van der Waals surface area (Å²) >= 11 is 0. The van der Waals surface area contributed by atoms with Gasteiger partial charge in [0.15, 0.2) is 0 Å². The Morgan fingerprint density at radius 3 is 1.54 bits per heavy atom. The first kappa shape index (κ1) is 46.3. The number of rotatable bonds is 9. The van der Waals surface area contributed by atoms with E-state index in [-0.39, 0.29) is 11.2 Å². The minimum Gasteiger partial charge on any atom is -0.310 e. The van der Waals surface area contributed by atoms with Gasteiger partial charge in [0, 0.05) is 61.0 Å². The van der Waals surface area contributed by atoms with E-state index in [0.717, 1.165) is 78.1 Å². The molecule has 2 heterocycles. The van der Waals surface area contributed by atoms with E-state index in [1.807, 2.05) is 12.1 Å². The van der Waals surface area contributed by atoms with Crippen molar-refractivity contribution in [2.24, 2.45) is 0 Å². The predicted octanol–water partition coefficient (Wildman–Crippen LogP) is 20.5. The van der Waals surface area contributed by atoms with Gasteiger partial charge in [0.1, 0.15) is 5.82 Å². The van der Waals surface area contributed by atoms with E-state index in [9.17, 15) is 4.39 Å². The third-order valence-electron chi connectivity index (χ3n) is 16.6. The number of halogens is 1. The van der Waals surface area contributed by atoms with Crippen LogP contribution in [0.25, 0.3) is 111 Å². The summed E-state index contributed by atoms with van der Waals surface area (Å²) in [5, 5.41) is 5.84. The van der Waals surface area contributed by atoms with Crippen LogP contribution in [-0.2, 0) is 5.41 Å². The van der Waals surface area contributed by atoms with Crippen molar-refractivity contribution in [3.05, 3.63) is 296 Å². The second-order valence-corrected chi connectivity index (χ2v) is 21.4. The zero-order valence-electron chi connectivity index (χ0n) is 43.8. The molecule has 0 fully saturated rings. The minimum atomic E-state index is -0.339. The quantitative estimate of drug-likeness (QED) is 0.140. The molecule has 0 amide bonds. The standard InChI is InChI=1S/C75H52FN3/c1-75(2)68-45-53(65-48-67-72(51-21-9-4-10-22-51)73(52-23-11-5-12-24-52)79(57-38-34-54(76)35-39-57)74(67)64-29-16-15-27-60(64)65)33-42-61(68)62-43-40-59(47-69(62)75)77(56-36-31-50(32-37-56)49-19-7-3-8-20-49)58-41-44-71-66(46-58)63-28-17-18-30-70(63)78(71)55-25-13-6-14-26-55/h3-48H,1-2H3. The van der Waals surface area contributed by atoms with Crippen LogP contribution in [-0.4, -0.2) is 9.13 Å². The van der Waals surface area contributed by atoms with Gasteiger partial charge in [-0.05, 0) is 158 Å². The Labute approximate surface area is 459 Å². The number of benzene rings is 12. The van der Waals surface area contributed by atoms with Crippen molar-refractivity contribution in [1.82, 2.24) is 9.13 Å². The van der Waals surface area contributed by atoms with E-state index in [0.29, 0.717) is 0 Å². The van der Waals surface area contributed by atoms with Crippen LogP contribution in [0.3, 0.4) is 0 Å². The maximum Gasteiger partial charge on any atom is 0.123 e. The third kappa shape index (κ3) is 7.47. The summed E-state index contributed by atoms with van der Waals surface area (Å²) in [5.41, 5.74) is 22.6. The van der Waals surface area contributed by atoms with Crippen LogP contribution in [0.15, 0.2) is 279 Å². The molecule has 3 nitrogen and oxygen atoms in total. The molecule has 12 aromatic carbocycles. The molecule has 1 aliphatic carbocycles. The summed E-state index contributed by atoms with van der Waals surface area (Å²) in [6.07, 6.45) is 0. The van der Waals surface area contributed by atoms with Gasteiger partial charge in [0.25, 0.3) is 0 Å². The van der Waals surface area contributed by atoms with Crippen molar-refractivity contribution in [1.29, 1.82) is 0 Å². The van der Waals surface area contributed by atoms with Crippen LogP contribution in [0, 0.1) is 5.82 Å². The number of hydrogen-bond acceptors (Lipinski definition) is 1. The van der Waals surface area contributed by atoms with Crippen LogP contribution in [0.1, 0.15) is 25.0 Å². The maximum atomic E-state index is 14.7. The van der Waals surface area contributed by atoms with Crippen molar-refractivity contribution in [3.63, 3.8) is 0 Å². The van der Waals surface area contributed by atoms with Crippen molar-refractivity contribution in [3.8, 4) is 67.1 Å². The normalized spacial score (nSPS) is 12.6. The summed E-state index contributed by atoms with van der Waals surface area (Å²) < 4.78 is 19.5. The average molecular weight is 1010 g/mol. The Hall–Kier alpha value is -10.0. The number of para-hydroxylation sites is 2. The molecule has 0 spiro atoms. The molecule has 1 aliphatic rings. The fourth-order valence-corrected chi connectivity index (χ4v) is 12.9. The molecule has 374 valence electrons. The average Bonchev–Trinajstić information content (AvgIpc) is 4.31. The lowest BCUT2D eigenvalue weighted by Gasteiger charge is -2.28. The highest BCUT2D eigenvalue weighted by atomic mass is 19.1. The summed E-state index contributed by atoms with van der Waals surface area (Å²) in [4.78, 5) is 2.43. The van der Waals surface area contributed by atoms with E-state index in [1.54, 1.807) is 12.1 Å². The van der Waals surface area contributed by atoms with E-state index < -0.39 is 0 Å². The molecular formula is C75H52FN3. The van der Waals surface area contributed by atoms with Gasteiger partial charge >= 0.3 is 0 Å². The van der Waals surface area contributed by atoms with Crippen LogP contribution in [0.4, 0.5) is 21.5 Å². The first-order valence-corrected chi connectivity index (χ1v) is 27.2. The van der Waals surface area contributed by atoms with Crippen molar-refractivity contribution < 1.29 is 4.39 Å². The van der Waals surface area contributed by atoms with Gasteiger partial charge in [-0.2, -0.15) is 0 Å². The summed E-state index contributed by atoms with van der Waals surface area (Å²) in [7, 11) is 0. The van der Waals surface area contributed by atoms with E-state index in [2.05, 4.69) is 283 Å². The molecule has 4 heteroatoms. The second-order valence-electron chi connectivity index (χ2n) is 21.4. The lowest BCUT2D eigenvalue weighted by atomic mass is 9.81. The monoisotopic (exact) mass is 1010 g/mol. The first-order chi connectivity index (χ1) is 38.9. The lowest BCUT2D eigenvalue weighted by Crippen LogP contribution is -2.16. The van der Waals surface area contributed by atoms with Crippen molar-refractivity contribution in [2.75, 3.05) is 4.90 Å². The second kappa shape index (κ2) is 18.3. The number of hydrogen-bond donors (Lipinski definition) is 0. The predicted molar refractivity (Wildman–Crippen MR) is 329 cm³/mol. The van der Waals surface area contributed by atoms with E-state index >= 15 is 0 Å². The van der Waals surface area contributed by atoms with Gasteiger partial charge < -0.3 is 14.0 Å². The van der Waals surface area contributed by atoms with Crippen molar-refractivity contribution >= 4 is 60.5 Å². The molecule has 0 N–H and O–H groups in total. The molecule has 79 heavy (non-hydrogen) atoms. The molecule has 2 aromatic heterocycles. The lowest BCUT2D eigenvalue weighted by molar-refractivity contribution is 0.627. The Balaban J connectivity index is 0.894. The van der Waals surface area contributed by atoms with Crippen LogP contribution < -0.4 is 4.90 Å². The Morgan fingerprint density at radius 2 is 0.835 bits per heavy atom. The molecule has 0 unspecified atom stereocenters. The zero-order chi connectivity index (χ0) is 52.8. The molecule has 0 atom stereocenters. The summed E-state index contributed by atoms with van der Waals surface area (Å²) in [6, 6.07) is 99.7. The topological polar surface area (TPSA) is 13.1 Å². The fourth-order valence-electron chi connectivity index (χ4n) is 12.9. The van der Waals surface area contributed by atoms with Gasteiger partial charge in [0.2, 0.25) is 0 Å². The van der Waals surface area contributed by atoms with Crippen molar-refractivity contribution in [2.45, 2.75) is 19.3 Å². The smallest absolute Gasteiger partial charge is 0.123 e. The Kier molecular flexibility index (Phi) is 10.7. The first-order valence-electron chi connectivity index (χ1n) is 27.2. The number of aromatic nitrogens is 2. The van der Waals surface area contributed by atoms with Crippen LogP contribution in [0.5, 0.6) is 0 Å². The molecule has 0 aliphatic heterocycles. The van der Waals surface area contributed by atoms with Gasteiger partial charge in [-0.3, -0.25) is 0 Å². The molecular weight excluding hydrogens is 962 g/mol. The number of nitrogens with zero attached hydrogens (tertiary/aromatic N) is 3. The molecule has 0 saturated carbocycles. The Bertz CT molecular complexity index is 4650. The molecule has 0 radical (unpaired) electrons. The minimum absolute atomic E-state index is 0.262. The van der Waals surface area contributed by atoms with Crippen LogP contribution >= 0.6 is 0 Å². The number of fused-ring (bicyclic) bond motifs is 9. The maximum absolute atomic E-state index is 14.7. The van der Waals surface area contributed by atoms with Gasteiger partial charge in [-0.25, -0.2) is 4.39 Å². The largest absolute Gasteiger partial charge is 0.310 e. The Morgan fingerprint density at radius 1 is 0.329 bits per heavy atom. The highest BCUT2D eigenvalue weighted by molar-refractivity contribution is 6.20. The molecule has 14 aromatic rings. The van der Waals surface area contributed by atoms with Gasteiger partial charge in [-0.15, -0.1) is 0 Å². The molecule has 0 bridgehead atoms. The summed E-state index contributed by atoms with van der Waals surface area (Å²) in [5.74, 6) is -0.262. The molecule has 0 saturated heterocycles. The van der Waals surface area contributed by atoms with E-state index in [4.69, 9.17) is 0 Å². The highest BCUT2D eigenvalue weighted by Gasteiger charge is 2.37. The number of anilines is 3. The summed E-state index contributed by atoms with van der Waals surface area (Å²) in [6.45, 7) is 4.77. The fraction of sp³-hybridized carbons (Fsp3) is 0.0400. The SMILES string of the molecule is CC1(C)c2cc(-c3cc4c(-c5ccccc5)c(-c5ccccc5)n(-c5ccc(F)cc5)c4c4ccccc34)ccc2-c2ccc(N(c3ccc(-c4ccccc4)cc3)c3ccc4c(c3)c3ccccc3n4-c3ccccc3)cc21. The highest BCUT2D eigenvalue weighted by Crippen LogP contribution is 2.54. The van der Waals surface area contributed by atoms with Gasteiger partial charge in [-0.1, -0.05) is 196 Å².